The monoisotopic (exact) mass is 218 g/mol. The van der Waals surface area contributed by atoms with Crippen molar-refractivity contribution in [1.82, 2.24) is 0 Å². The first kappa shape index (κ1) is 10.8. The van der Waals surface area contributed by atoms with Crippen LogP contribution in [0.5, 0.6) is 0 Å². The molecule has 2 saturated carbocycles. The quantitative estimate of drug-likeness (QED) is 0.362. The average Bonchev–Trinajstić information content (AvgIpc) is 2.97. The van der Waals surface area contributed by atoms with Crippen molar-refractivity contribution in [3.8, 4) is 0 Å². The van der Waals surface area contributed by atoms with E-state index < -0.39 is 48.1 Å². The van der Waals surface area contributed by atoms with E-state index in [1.807, 2.05) is 0 Å². The Balaban J connectivity index is 2.16. The first-order valence-electron chi connectivity index (χ1n) is 4.80. The van der Waals surface area contributed by atoms with Crippen molar-refractivity contribution in [3.63, 3.8) is 0 Å². The van der Waals surface area contributed by atoms with E-state index >= 15 is 0 Å². The Kier molecular flexibility index (Phi) is 2.46. The molecule has 0 aromatic carbocycles. The molecule has 1 unspecified atom stereocenters. The fourth-order valence-corrected chi connectivity index (χ4v) is 2.55. The molecule has 6 heteroatoms. The fraction of sp³-hybridized carbons (Fsp3) is 0.889. The number of methoxy groups -OCH3 is 1. The van der Waals surface area contributed by atoms with Crippen molar-refractivity contribution in [2.75, 3.05) is 7.11 Å². The molecule has 2 aliphatic rings. The van der Waals surface area contributed by atoms with Gasteiger partial charge in [-0.1, -0.05) is 0 Å². The van der Waals surface area contributed by atoms with Gasteiger partial charge in [-0.05, 0) is 0 Å². The Labute approximate surface area is 86.1 Å². The van der Waals surface area contributed by atoms with Gasteiger partial charge in [0, 0.05) is 11.8 Å². The Hall–Kier alpha value is -0.690. The molecule has 0 heterocycles. The molecule has 0 saturated heterocycles. The van der Waals surface area contributed by atoms with Gasteiger partial charge in [-0.25, -0.2) is 0 Å². The third kappa shape index (κ3) is 1.37. The number of aliphatic hydroxyl groups excluding tert-OH is 4. The molecule has 0 radical (unpaired) electrons. The minimum Gasteiger partial charge on any atom is -0.469 e. The van der Waals surface area contributed by atoms with Crippen LogP contribution < -0.4 is 0 Å². The molecule has 4 N–H and O–H groups in total. The summed E-state index contributed by atoms with van der Waals surface area (Å²) in [7, 11) is 1.22. The Morgan fingerprint density at radius 3 is 1.67 bits per heavy atom. The Morgan fingerprint density at radius 1 is 0.933 bits per heavy atom. The normalized spacial score (nSPS) is 53.3. The molecular formula is C9H14O6. The van der Waals surface area contributed by atoms with E-state index in [4.69, 9.17) is 0 Å². The first-order valence-corrected chi connectivity index (χ1v) is 4.80. The summed E-state index contributed by atoms with van der Waals surface area (Å²) in [4.78, 5) is 11.2. The van der Waals surface area contributed by atoms with Crippen molar-refractivity contribution in [2.24, 2.45) is 17.8 Å². The van der Waals surface area contributed by atoms with E-state index in [1.165, 1.54) is 7.11 Å². The number of fused-ring (bicyclic) bond motifs is 1. The first-order chi connectivity index (χ1) is 7.00. The molecule has 2 fully saturated rings. The number of rotatable bonds is 1. The lowest BCUT2D eigenvalue weighted by molar-refractivity contribution is -0.143. The van der Waals surface area contributed by atoms with Gasteiger partial charge in [0.2, 0.25) is 0 Å². The second-order valence-electron chi connectivity index (χ2n) is 4.17. The molecule has 0 aliphatic heterocycles. The summed E-state index contributed by atoms with van der Waals surface area (Å²) in [5.74, 6) is -2.16. The highest BCUT2D eigenvalue weighted by atomic mass is 16.5. The SMILES string of the molecule is COC(=O)C1[C@@H]2[C@H](O)[C@@H](O)[C@H](O)[C@@H](O)[C@H]12. The third-order valence-corrected chi connectivity index (χ3v) is 3.44. The van der Waals surface area contributed by atoms with Crippen molar-refractivity contribution >= 4 is 5.97 Å². The summed E-state index contributed by atoms with van der Waals surface area (Å²) in [5.41, 5.74) is 0. The molecule has 6 nitrogen and oxygen atoms in total. The second-order valence-corrected chi connectivity index (χ2v) is 4.17. The van der Waals surface area contributed by atoms with Crippen molar-refractivity contribution in [3.05, 3.63) is 0 Å². The van der Waals surface area contributed by atoms with E-state index in [0.29, 0.717) is 0 Å². The van der Waals surface area contributed by atoms with E-state index in [1.54, 1.807) is 0 Å². The van der Waals surface area contributed by atoms with Gasteiger partial charge in [0.15, 0.2) is 0 Å². The molecule has 2 rings (SSSR count). The van der Waals surface area contributed by atoms with E-state index in [2.05, 4.69) is 4.74 Å². The molecule has 86 valence electrons. The highest BCUT2D eigenvalue weighted by Gasteiger charge is 2.68. The maximum atomic E-state index is 11.2. The van der Waals surface area contributed by atoms with Crippen LogP contribution in [0.3, 0.4) is 0 Å². The van der Waals surface area contributed by atoms with Crippen LogP contribution in [0, 0.1) is 17.8 Å². The molecule has 0 amide bonds. The Bertz CT molecular complexity index is 260. The fourth-order valence-electron chi connectivity index (χ4n) is 2.55. The van der Waals surface area contributed by atoms with Crippen LogP contribution in [0.4, 0.5) is 0 Å². The van der Waals surface area contributed by atoms with Crippen LogP contribution in [0.2, 0.25) is 0 Å². The number of carbonyl (C=O) groups is 1. The topological polar surface area (TPSA) is 107 Å². The number of hydrogen-bond donors (Lipinski definition) is 4. The minimum absolute atomic E-state index is 0.508. The number of hydrogen-bond acceptors (Lipinski definition) is 6. The van der Waals surface area contributed by atoms with Gasteiger partial charge in [0.05, 0.1) is 25.2 Å². The zero-order valence-electron chi connectivity index (χ0n) is 8.15. The molecule has 2 aliphatic carbocycles. The van der Waals surface area contributed by atoms with Crippen molar-refractivity contribution in [2.45, 2.75) is 24.4 Å². The van der Waals surface area contributed by atoms with Crippen LogP contribution in [-0.2, 0) is 9.53 Å². The maximum absolute atomic E-state index is 11.2. The summed E-state index contributed by atoms with van der Waals surface area (Å²) >= 11 is 0. The standard InChI is InChI=1S/C9H14O6/c1-15-9(14)4-2-3(4)6(11)8(13)7(12)5(2)10/h2-8,10-13H,1H3/t2-,3+,4?,5-,6-,7+,8+/m0/s1. The van der Waals surface area contributed by atoms with Crippen LogP contribution in [-0.4, -0.2) is 57.9 Å². The summed E-state index contributed by atoms with van der Waals surface area (Å²) in [5, 5.41) is 37.9. The maximum Gasteiger partial charge on any atom is 0.309 e. The number of esters is 1. The molecule has 0 spiro atoms. The van der Waals surface area contributed by atoms with Crippen LogP contribution in [0.1, 0.15) is 0 Å². The molecular weight excluding hydrogens is 204 g/mol. The van der Waals surface area contributed by atoms with Gasteiger partial charge < -0.3 is 25.2 Å². The van der Waals surface area contributed by atoms with E-state index in [9.17, 15) is 25.2 Å². The largest absolute Gasteiger partial charge is 0.469 e. The van der Waals surface area contributed by atoms with E-state index in [-0.39, 0.29) is 0 Å². The summed E-state index contributed by atoms with van der Waals surface area (Å²) in [6, 6.07) is 0. The molecule has 15 heavy (non-hydrogen) atoms. The highest BCUT2D eigenvalue weighted by molar-refractivity contribution is 5.77. The second kappa shape index (κ2) is 3.41. The number of ether oxygens (including phenoxy) is 1. The Morgan fingerprint density at radius 2 is 1.33 bits per heavy atom. The lowest BCUT2D eigenvalue weighted by atomic mass is 9.90. The van der Waals surface area contributed by atoms with Gasteiger partial charge in [0.25, 0.3) is 0 Å². The van der Waals surface area contributed by atoms with Gasteiger partial charge in [-0.2, -0.15) is 0 Å². The lowest BCUT2D eigenvalue weighted by Gasteiger charge is -2.31. The van der Waals surface area contributed by atoms with Crippen molar-refractivity contribution < 1.29 is 30.0 Å². The third-order valence-electron chi connectivity index (χ3n) is 3.44. The summed E-state index contributed by atoms with van der Waals surface area (Å²) in [6.07, 6.45) is -5.18. The van der Waals surface area contributed by atoms with Crippen LogP contribution >= 0.6 is 0 Å². The summed E-state index contributed by atoms with van der Waals surface area (Å²) < 4.78 is 4.51. The predicted octanol–water partition coefficient (Wildman–Crippen LogP) is -2.52. The van der Waals surface area contributed by atoms with Gasteiger partial charge >= 0.3 is 5.97 Å². The highest BCUT2D eigenvalue weighted by Crippen LogP contribution is 2.55. The van der Waals surface area contributed by atoms with Gasteiger partial charge in [0.1, 0.15) is 12.2 Å². The zero-order chi connectivity index (χ0) is 11.3. The summed E-state index contributed by atoms with van der Waals surface area (Å²) in [6.45, 7) is 0. The minimum atomic E-state index is -1.41. The van der Waals surface area contributed by atoms with E-state index in [0.717, 1.165) is 0 Å². The molecule has 7 atom stereocenters. The number of aliphatic hydroxyl groups is 4. The molecule has 0 aromatic rings. The van der Waals surface area contributed by atoms with Gasteiger partial charge in [-0.3, -0.25) is 4.79 Å². The number of carbonyl (C=O) groups excluding carboxylic acids is 1. The van der Waals surface area contributed by atoms with Crippen LogP contribution in [0.25, 0.3) is 0 Å². The lowest BCUT2D eigenvalue weighted by Crippen LogP contribution is -2.50. The molecule has 0 bridgehead atoms. The molecule has 0 aromatic heterocycles. The van der Waals surface area contributed by atoms with Crippen molar-refractivity contribution in [1.29, 1.82) is 0 Å². The smallest absolute Gasteiger partial charge is 0.309 e. The zero-order valence-corrected chi connectivity index (χ0v) is 8.15. The van der Waals surface area contributed by atoms with Crippen LogP contribution in [0.15, 0.2) is 0 Å². The predicted molar refractivity (Wildman–Crippen MR) is 46.5 cm³/mol. The average molecular weight is 218 g/mol. The van der Waals surface area contributed by atoms with Gasteiger partial charge in [-0.15, -0.1) is 0 Å².